The summed E-state index contributed by atoms with van der Waals surface area (Å²) in [5.41, 5.74) is 1.50. The van der Waals surface area contributed by atoms with Gasteiger partial charge in [-0.3, -0.25) is 9.78 Å². The first-order valence-electron chi connectivity index (χ1n) is 5.21. The van der Waals surface area contributed by atoms with Gasteiger partial charge in [-0.2, -0.15) is 0 Å². The maximum absolute atomic E-state index is 11.3. The van der Waals surface area contributed by atoms with Crippen molar-refractivity contribution in [3.8, 4) is 5.69 Å². The highest BCUT2D eigenvalue weighted by molar-refractivity contribution is 5.94. The first-order chi connectivity index (χ1) is 7.72. The lowest BCUT2D eigenvalue weighted by Crippen LogP contribution is -2.02. The average Bonchev–Trinajstić information content (AvgIpc) is 2.77. The molecule has 0 amide bonds. The molecule has 0 N–H and O–H groups in total. The van der Waals surface area contributed by atoms with Crippen molar-refractivity contribution in [3.05, 3.63) is 42.2 Å². The Bertz CT molecular complexity index is 516. The molecule has 0 saturated heterocycles. The van der Waals surface area contributed by atoms with Gasteiger partial charge in [0.25, 0.3) is 0 Å². The van der Waals surface area contributed by atoms with Crippen molar-refractivity contribution in [1.82, 2.24) is 14.5 Å². The smallest absolute Gasteiger partial charge is 0.161 e. The molecule has 2 rings (SSSR count). The Kier molecular flexibility index (Phi) is 2.81. The molecule has 4 nitrogen and oxygen atoms in total. The van der Waals surface area contributed by atoms with Crippen molar-refractivity contribution in [2.24, 2.45) is 0 Å². The zero-order valence-electron chi connectivity index (χ0n) is 9.34. The van der Waals surface area contributed by atoms with E-state index in [4.69, 9.17) is 0 Å². The number of hydrogen-bond acceptors (Lipinski definition) is 3. The summed E-state index contributed by atoms with van der Waals surface area (Å²) in [6.45, 7) is 3.58. The zero-order chi connectivity index (χ0) is 11.5. The molecule has 0 unspecified atom stereocenters. The normalized spacial score (nSPS) is 10.4. The highest BCUT2D eigenvalue weighted by Crippen LogP contribution is 2.12. The van der Waals surface area contributed by atoms with Crippen LogP contribution >= 0.6 is 0 Å². The van der Waals surface area contributed by atoms with Gasteiger partial charge in [0.05, 0.1) is 11.9 Å². The molecule has 0 fully saturated rings. The van der Waals surface area contributed by atoms with Crippen molar-refractivity contribution in [3.63, 3.8) is 0 Å². The van der Waals surface area contributed by atoms with Crippen LogP contribution in [0.3, 0.4) is 0 Å². The predicted molar refractivity (Wildman–Crippen MR) is 60.7 cm³/mol. The lowest BCUT2D eigenvalue weighted by atomic mass is 10.2. The van der Waals surface area contributed by atoms with Crippen LogP contribution in [-0.2, 0) is 6.42 Å². The molecule has 0 aromatic carbocycles. The summed E-state index contributed by atoms with van der Waals surface area (Å²) in [5.74, 6) is 0.981. The average molecular weight is 215 g/mol. The van der Waals surface area contributed by atoms with E-state index in [1.807, 2.05) is 23.8 Å². The molecular formula is C12H13N3O. The number of aryl methyl sites for hydroxylation is 1. The summed E-state index contributed by atoms with van der Waals surface area (Å²) < 4.78 is 1.94. The maximum atomic E-state index is 11.3. The lowest BCUT2D eigenvalue weighted by Gasteiger charge is -2.06. The highest BCUT2D eigenvalue weighted by Gasteiger charge is 2.06. The van der Waals surface area contributed by atoms with Crippen LogP contribution in [0.4, 0.5) is 0 Å². The van der Waals surface area contributed by atoms with Gasteiger partial charge in [-0.1, -0.05) is 6.92 Å². The number of aromatic nitrogens is 3. The molecule has 0 radical (unpaired) electrons. The van der Waals surface area contributed by atoms with Crippen molar-refractivity contribution in [1.29, 1.82) is 0 Å². The Morgan fingerprint density at radius 1 is 1.44 bits per heavy atom. The fraction of sp³-hybridized carbons (Fsp3) is 0.250. The lowest BCUT2D eigenvalue weighted by molar-refractivity contribution is 0.101. The molecule has 2 aromatic heterocycles. The van der Waals surface area contributed by atoms with Crippen molar-refractivity contribution >= 4 is 5.78 Å². The number of carbonyl (C=O) groups is 1. The van der Waals surface area contributed by atoms with E-state index in [0.717, 1.165) is 17.9 Å². The number of Topliss-reactive ketones (excluding diaryl/α,β-unsaturated/α-hetero) is 1. The van der Waals surface area contributed by atoms with Crippen LogP contribution in [0.15, 0.2) is 30.9 Å². The van der Waals surface area contributed by atoms with E-state index < -0.39 is 0 Å². The van der Waals surface area contributed by atoms with E-state index in [0.29, 0.717) is 5.56 Å². The number of nitrogens with zero attached hydrogens (tertiary/aromatic N) is 3. The van der Waals surface area contributed by atoms with Gasteiger partial charge in [-0.25, -0.2) is 4.98 Å². The van der Waals surface area contributed by atoms with E-state index in [9.17, 15) is 4.79 Å². The highest BCUT2D eigenvalue weighted by atomic mass is 16.1. The molecule has 0 aliphatic carbocycles. The molecular weight excluding hydrogens is 202 g/mol. The van der Waals surface area contributed by atoms with Crippen LogP contribution in [0.5, 0.6) is 0 Å². The molecule has 2 aromatic rings. The number of pyridine rings is 1. The Hall–Kier alpha value is -1.97. The van der Waals surface area contributed by atoms with Crippen LogP contribution < -0.4 is 0 Å². The molecule has 0 atom stereocenters. The number of hydrogen-bond donors (Lipinski definition) is 0. The summed E-state index contributed by atoms with van der Waals surface area (Å²) in [7, 11) is 0. The van der Waals surface area contributed by atoms with Gasteiger partial charge in [0.15, 0.2) is 5.78 Å². The number of ketones is 1. The summed E-state index contributed by atoms with van der Waals surface area (Å²) in [4.78, 5) is 19.6. The summed E-state index contributed by atoms with van der Waals surface area (Å²) in [5, 5.41) is 0. The Labute approximate surface area is 94.0 Å². The third-order valence-corrected chi connectivity index (χ3v) is 2.44. The van der Waals surface area contributed by atoms with Crippen LogP contribution in [0.2, 0.25) is 0 Å². The molecule has 0 spiro atoms. The summed E-state index contributed by atoms with van der Waals surface area (Å²) in [6.07, 6.45) is 7.78. The molecule has 0 saturated carbocycles. The van der Waals surface area contributed by atoms with Gasteiger partial charge in [0, 0.05) is 30.6 Å². The standard InChI is InChI=1S/C12H13N3O/c1-3-12-14-4-5-15(12)11-6-10(9(2)16)7-13-8-11/h4-8H,3H2,1-2H3. The van der Waals surface area contributed by atoms with Gasteiger partial charge in [-0.15, -0.1) is 0 Å². The quantitative estimate of drug-likeness (QED) is 0.736. The fourth-order valence-corrected chi connectivity index (χ4v) is 1.58. The molecule has 16 heavy (non-hydrogen) atoms. The van der Waals surface area contributed by atoms with Gasteiger partial charge < -0.3 is 4.57 Å². The van der Waals surface area contributed by atoms with E-state index in [1.165, 1.54) is 6.92 Å². The zero-order valence-corrected chi connectivity index (χ0v) is 9.34. The molecule has 82 valence electrons. The van der Waals surface area contributed by atoms with Crippen LogP contribution in [0.1, 0.15) is 30.0 Å². The van der Waals surface area contributed by atoms with Gasteiger partial charge in [-0.05, 0) is 13.0 Å². The minimum Gasteiger partial charge on any atom is -0.302 e. The number of carbonyl (C=O) groups excluding carboxylic acids is 1. The van der Waals surface area contributed by atoms with Gasteiger partial charge >= 0.3 is 0 Å². The molecule has 0 bridgehead atoms. The third-order valence-electron chi connectivity index (χ3n) is 2.44. The second kappa shape index (κ2) is 4.26. The maximum Gasteiger partial charge on any atom is 0.161 e. The topological polar surface area (TPSA) is 47.8 Å². The second-order valence-corrected chi connectivity index (χ2v) is 3.56. The molecule has 0 aliphatic rings. The largest absolute Gasteiger partial charge is 0.302 e. The minimum atomic E-state index is 0.0208. The molecule has 4 heteroatoms. The van der Waals surface area contributed by atoms with E-state index in [-0.39, 0.29) is 5.78 Å². The Morgan fingerprint density at radius 3 is 2.94 bits per heavy atom. The molecule has 0 aliphatic heterocycles. The predicted octanol–water partition coefficient (Wildman–Crippen LogP) is 2.03. The summed E-state index contributed by atoms with van der Waals surface area (Å²) in [6, 6.07) is 1.83. The Morgan fingerprint density at radius 2 is 2.25 bits per heavy atom. The Balaban J connectivity index is 2.48. The summed E-state index contributed by atoms with van der Waals surface area (Å²) >= 11 is 0. The van der Waals surface area contributed by atoms with Crippen molar-refractivity contribution in [2.75, 3.05) is 0 Å². The van der Waals surface area contributed by atoms with E-state index in [2.05, 4.69) is 9.97 Å². The monoisotopic (exact) mass is 215 g/mol. The van der Waals surface area contributed by atoms with Crippen molar-refractivity contribution in [2.45, 2.75) is 20.3 Å². The van der Waals surface area contributed by atoms with Crippen LogP contribution in [0, 0.1) is 0 Å². The fourth-order valence-electron chi connectivity index (χ4n) is 1.58. The van der Waals surface area contributed by atoms with E-state index in [1.54, 1.807) is 18.6 Å². The first kappa shape index (κ1) is 10.5. The number of rotatable bonds is 3. The number of imidazole rings is 1. The van der Waals surface area contributed by atoms with E-state index >= 15 is 0 Å². The minimum absolute atomic E-state index is 0.0208. The van der Waals surface area contributed by atoms with Gasteiger partial charge in [0.1, 0.15) is 5.82 Å². The van der Waals surface area contributed by atoms with Crippen molar-refractivity contribution < 1.29 is 4.79 Å². The molecule has 2 heterocycles. The van der Waals surface area contributed by atoms with Crippen LogP contribution in [0.25, 0.3) is 5.69 Å². The third kappa shape index (κ3) is 1.86. The first-order valence-corrected chi connectivity index (χ1v) is 5.21. The van der Waals surface area contributed by atoms with Gasteiger partial charge in [0.2, 0.25) is 0 Å². The van der Waals surface area contributed by atoms with Crippen LogP contribution in [-0.4, -0.2) is 20.3 Å². The second-order valence-electron chi connectivity index (χ2n) is 3.56. The SMILES string of the molecule is CCc1nccn1-c1cncc(C(C)=O)c1.